The van der Waals surface area contributed by atoms with E-state index in [1.54, 1.807) is 31.2 Å². The highest BCUT2D eigenvalue weighted by molar-refractivity contribution is 6.07. The average molecular weight is 344 g/mol. The normalized spacial score (nSPS) is 11.2. The summed E-state index contributed by atoms with van der Waals surface area (Å²) in [5.41, 5.74) is 4.37. The molecule has 2 aromatic carbocycles. The quantitative estimate of drug-likeness (QED) is 0.526. The van der Waals surface area contributed by atoms with Gasteiger partial charge < -0.3 is 9.52 Å². The first-order valence-corrected chi connectivity index (χ1v) is 8.27. The second-order valence-electron chi connectivity index (χ2n) is 6.39. The highest BCUT2D eigenvalue weighted by Crippen LogP contribution is 2.42. The number of carboxylic acid groups (broad SMARTS) is 1. The van der Waals surface area contributed by atoms with E-state index >= 15 is 0 Å². The number of carbonyl (C=O) groups is 1. The number of aromatic carboxylic acids is 1. The van der Waals surface area contributed by atoms with Crippen molar-refractivity contribution in [3.05, 3.63) is 81.5 Å². The molecule has 0 amide bonds. The van der Waals surface area contributed by atoms with Crippen molar-refractivity contribution in [2.75, 3.05) is 0 Å². The Hall–Kier alpha value is -3.40. The second-order valence-corrected chi connectivity index (χ2v) is 6.39. The molecular formula is C22H16O4. The van der Waals surface area contributed by atoms with E-state index in [0.717, 1.165) is 22.1 Å². The smallest absolute Gasteiger partial charge is 0.336 e. The molecule has 0 aromatic heterocycles. The fourth-order valence-corrected chi connectivity index (χ4v) is 3.36. The summed E-state index contributed by atoms with van der Waals surface area (Å²) in [6, 6.07) is 15.9. The molecule has 0 saturated heterocycles. The number of benzene rings is 3. The minimum absolute atomic E-state index is 0.106. The molecule has 4 nitrogen and oxygen atoms in total. The average Bonchev–Trinajstić information content (AvgIpc) is 2.63. The van der Waals surface area contributed by atoms with Gasteiger partial charge in [0, 0.05) is 22.1 Å². The number of aryl methyl sites for hydroxylation is 1. The predicted octanol–water partition coefficient (Wildman–Crippen LogP) is 4.88. The molecule has 4 rings (SSSR count). The van der Waals surface area contributed by atoms with Crippen molar-refractivity contribution in [1.29, 1.82) is 0 Å². The molecule has 1 N–H and O–H groups in total. The summed E-state index contributed by atoms with van der Waals surface area (Å²) < 4.78 is 6.05. The first-order valence-electron chi connectivity index (χ1n) is 8.27. The Bertz CT molecular complexity index is 1200. The molecule has 2 aromatic rings. The lowest BCUT2D eigenvalue weighted by Crippen LogP contribution is -2.07. The Kier molecular flexibility index (Phi) is 3.62. The second kappa shape index (κ2) is 5.85. The van der Waals surface area contributed by atoms with Gasteiger partial charge in [-0.3, -0.25) is 4.79 Å². The Labute approximate surface area is 149 Å². The summed E-state index contributed by atoms with van der Waals surface area (Å²) in [5.74, 6) is -0.502. The minimum atomic E-state index is -0.994. The summed E-state index contributed by atoms with van der Waals surface area (Å²) in [4.78, 5) is 23.9. The number of hydrogen-bond donors (Lipinski definition) is 1. The maximum Gasteiger partial charge on any atom is 0.336 e. The van der Waals surface area contributed by atoms with Gasteiger partial charge in [0.05, 0.1) is 5.56 Å². The molecular weight excluding hydrogens is 328 g/mol. The van der Waals surface area contributed by atoms with Crippen molar-refractivity contribution in [2.45, 2.75) is 13.8 Å². The molecule has 0 spiro atoms. The van der Waals surface area contributed by atoms with Crippen LogP contribution in [0.5, 0.6) is 0 Å². The van der Waals surface area contributed by atoms with Gasteiger partial charge in [-0.2, -0.15) is 0 Å². The van der Waals surface area contributed by atoms with Crippen LogP contribution < -0.4 is 5.43 Å². The van der Waals surface area contributed by atoms with Crippen molar-refractivity contribution in [3.63, 3.8) is 0 Å². The molecule has 2 aliphatic rings. The van der Waals surface area contributed by atoms with Gasteiger partial charge >= 0.3 is 5.97 Å². The molecule has 0 radical (unpaired) electrons. The van der Waals surface area contributed by atoms with E-state index in [-0.39, 0.29) is 11.0 Å². The van der Waals surface area contributed by atoms with Crippen molar-refractivity contribution in [3.8, 4) is 22.5 Å². The van der Waals surface area contributed by atoms with Crippen LogP contribution in [0.3, 0.4) is 0 Å². The molecule has 0 unspecified atom stereocenters. The largest absolute Gasteiger partial charge is 0.478 e. The molecule has 0 saturated carbocycles. The third kappa shape index (κ3) is 2.39. The van der Waals surface area contributed by atoms with Crippen LogP contribution in [-0.4, -0.2) is 11.1 Å². The highest BCUT2D eigenvalue weighted by atomic mass is 16.4. The van der Waals surface area contributed by atoms with Gasteiger partial charge in [0.1, 0.15) is 11.3 Å². The third-order valence-electron chi connectivity index (χ3n) is 4.67. The van der Waals surface area contributed by atoms with E-state index in [4.69, 9.17) is 4.42 Å². The lowest BCUT2D eigenvalue weighted by atomic mass is 9.89. The monoisotopic (exact) mass is 344 g/mol. The SMILES string of the molecule is Cc1ccc2c(-c3ccccc3C(=O)O)c3ccc(=O)c(C)c-3oc2c1. The molecule has 0 fully saturated rings. The number of carboxylic acids is 1. The molecule has 0 bridgehead atoms. The van der Waals surface area contributed by atoms with E-state index in [9.17, 15) is 14.7 Å². The molecule has 128 valence electrons. The molecule has 1 aliphatic carbocycles. The maximum atomic E-state index is 12.1. The number of rotatable bonds is 2. The van der Waals surface area contributed by atoms with Gasteiger partial charge in [-0.05, 0) is 49.2 Å². The fraction of sp³-hybridized carbons (Fsp3) is 0.0909. The van der Waals surface area contributed by atoms with Crippen LogP contribution in [0.15, 0.2) is 63.8 Å². The van der Waals surface area contributed by atoms with Gasteiger partial charge in [-0.15, -0.1) is 0 Å². The highest BCUT2D eigenvalue weighted by Gasteiger charge is 2.22. The number of hydrogen-bond acceptors (Lipinski definition) is 3. The molecule has 0 atom stereocenters. The van der Waals surface area contributed by atoms with Crippen molar-refractivity contribution < 1.29 is 14.3 Å². The summed E-state index contributed by atoms with van der Waals surface area (Å²) in [6.07, 6.45) is 0. The minimum Gasteiger partial charge on any atom is -0.478 e. The summed E-state index contributed by atoms with van der Waals surface area (Å²) in [7, 11) is 0. The van der Waals surface area contributed by atoms with Crippen molar-refractivity contribution in [2.24, 2.45) is 0 Å². The Balaban J connectivity index is 2.25. The van der Waals surface area contributed by atoms with E-state index in [1.807, 2.05) is 31.2 Å². The van der Waals surface area contributed by atoms with Gasteiger partial charge in [0.15, 0.2) is 5.43 Å². The lowest BCUT2D eigenvalue weighted by Gasteiger charge is -2.18. The van der Waals surface area contributed by atoms with E-state index in [1.165, 1.54) is 6.07 Å². The maximum absolute atomic E-state index is 12.1. The van der Waals surface area contributed by atoms with Gasteiger partial charge in [0.25, 0.3) is 0 Å². The van der Waals surface area contributed by atoms with E-state index in [2.05, 4.69) is 0 Å². The predicted molar refractivity (Wildman–Crippen MR) is 101 cm³/mol. The first kappa shape index (κ1) is 16.1. The molecule has 1 heterocycles. The van der Waals surface area contributed by atoms with Gasteiger partial charge in [-0.25, -0.2) is 4.79 Å². The third-order valence-corrected chi connectivity index (χ3v) is 4.67. The van der Waals surface area contributed by atoms with Gasteiger partial charge in [0.2, 0.25) is 0 Å². The van der Waals surface area contributed by atoms with Gasteiger partial charge in [-0.1, -0.05) is 30.3 Å². The molecule has 26 heavy (non-hydrogen) atoms. The standard InChI is InChI=1S/C22H16O4/c1-12-7-8-16-19(11-12)26-21-13(2)18(23)10-9-17(21)20(16)14-5-3-4-6-15(14)22(24)25/h3-11H,1-2H3,(H,24,25). The zero-order chi connectivity index (χ0) is 18.4. The lowest BCUT2D eigenvalue weighted by molar-refractivity contribution is 0.0697. The van der Waals surface area contributed by atoms with Crippen LogP contribution in [0.25, 0.3) is 33.4 Å². The summed E-state index contributed by atoms with van der Waals surface area (Å²) in [6.45, 7) is 3.68. The topological polar surface area (TPSA) is 67.5 Å². The zero-order valence-corrected chi connectivity index (χ0v) is 14.4. The van der Waals surface area contributed by atoms with Crippen molar-refractivity contribution in [1.82, 2.24) is 0 Å². The van der Waals surface area contributed by atoms with Crippen LogP contribution in [0.4, 0.5) is 0 Å². The zero-order valence-electron chi connectivity index (χ0n) is 14.4. The van der Waals surface area contributed by atoms with E-state index < -0.39 is 5.97 Å². The first-order chi connectivity index (χ1) is 12.5. The molecule has 1 aliphatic heterocycles. The summed E-state index contributed by atoms with van der Waals surface area (Å²) >= 11 is 0. The van der Waals surface area contributed by atoms with Crippen LogP contribution in [-0.2, 0) is 0 Å². The Morgan fingerprint density at radius 1 is 0.962 bits per heavy atom. The number of fused-ring (bicyclic) bond motifs is 2. The summed E-state index contributed by atoms with van der Waals surface area (Å²) in [5, 5.41) is 10.5. The van der Waals surface area contributed by atoms with Crippen LogP contribution in [0.1, 0.15) is 21.5 Å². The Morgan fingerprint density at radius 3 is 2.50 bits per heavy atom. The van der Waals surface area contributed by atoms with Crippen LogP contribution in [0.2, 0.25) is 0 Å². The van der Waals surface area contributed by atoms with Crippen LogP contribution >= 0.6 is 0 Å². The van der Waals surface area contributed by atoms with Crippen molar-refractivity contribution >= 4 is 16.9 Å². The Morgan fingerprint density at radius 2 is 1.73 bits per heavy atom. The fourth-order valence-electron chi connectivity index (χ4n) is 3.36. The molecule has 4 heteroatoms. The van der Waals surface area contributed by atoms with E-state index in [0.29, 0.717) is 22.5 Å². The van der Waals surface area contributed by atoms with Crippen LogP contribution in [0, 0.1) is 13.8 Å².